The highest BCUT2D eigenvalue weighted by molar-refractivity contribution is 5.79. The molecule has 1 aliphatic heterocycles. The van der Waals surface area contributed by atoms with Crippen molar-refractivity contribution >= 4 is 5.96 Å². The Kier molecular flexibility index (Phi) is 6.96. The quantitative estimate of drug-likeness (QED) is 0.409. The number of nitrogens with one attached hydrogen (secondary N) is 2. The highest BCUT2D eigenvalue weighted by atomic mass is 16.5. The van der Waals surface area contributed by atoms with Crippen molar-refractivity contribution in [3.63, 3.8) is 0 Å². The Labute approximate surface area is 105 Å². The first-order valence-corrected chi connectivity index (χ1v) is 6.38. The van der Waals surface area contributed by atoms with Gasteiger partial charge in [0.15, 0.2) is 5.96 Å². The summed E-state index contributed by atoms with van der Waals surface area (Å²) in [6.45, 7) is 4.91. The number of rotatable bonds is 5. The third-order valence-corrected chi connectivity index (χ3v) is 3.10. The molecule has 5 nitrogen and oxygen atoms in total. The Morgan fingerprint density at radius 1 is 1.47 bits per heavy atom. The van der Waals surface area contributed by atoms with Crippen molar-refractivity contribution in [2.24, 2.45) is 10.9 Å². The molecule has 1 unspecified atom stereocenters. The van der Waals surface area contributed by atoms with Crippen LogP contribution in [0.4, 0.5) is 0 Å². The molecule has 1 aliphatic rings. The fourth-order valence-corrected chi connectivity index (χ4v) is 2.17. The monoisotopic (exact) mass is 242 g/mol. The second-order valence-electron chi connectivity index (χ2n) is 4.64. The SMILES string of the molecule is CN=C(NCCOC)NCC1CCCN(C)C1. The van der Waals surface area contributed by atoms with Gasteiger partial charge in [-0.2, -0.15) is 0 Å². The van der Waals surface area contributed by atoms with Crippen molar-refractivity contribution in [3.05, 3.63) is 0 Å². The van der Waals surface area contributed by atoms with Gasteiger partial charge in [-0.25, -0.2) is 0 Å². The maximum Gasteiger partial charge on any atom is 0.191 e. The lowest BCUT2D eigenvalue weighted by molar-refractivity contribution is 0.202. The number of methoxy groups -OCH3 is 1. The first-order valence-electron chi connectivity index (χ1n) is 6.38. The van der Waals surface area contributed by atoms with E-state index in [1.54, 1.807) is 14.2 Å². The van der Waals surface area contributed by atoms with Crippen LogP contribution < -0.4 is 10.6 Å². The van der Waals surface area contributed by atoms with E-state index in [4.69, 9.17) is 4.74 Å². The lowest BCUT2D eigenvalue weighted by Gasteiger charge is -2.30. The number of guanidine groups is 1. The van der Waals surface area contributed by atoms with Gasteiger partial charge in [-0.05, 0) is 32.4 Å². The molecule has 0 aromatic heterocycles. The molecular weight excluding hydrogens is 216 g/mol. The summed E-state index contributed by atoms with van der Waals surface area (Å²) in [5.41, 5.74) is 0. The zero-order chi connectivity index (χ0) is 12.5. The summed E-state index contributed by atoms with van der Waals surface area (Å²) in [5.74, 6) is 1.60. The molecule has 1 rings (SSSR count). The molecule has 5 heteroatoms. The summed E-state index contributed by atoms with van der Waals surface area (Å²) in [7, 11) is 5.70. The van der Waals surface area contributed by atoms with Crippen molar-refractivity contribution < 1.29 is 4.74 Å². The number of likely N-dealkylation sites (tertiary alicyclic amines) is 1. The first-order chi connectivity index (χ1) is 8.26. The summed E-state index contributed by atoms with van der Waals surface area (Å²) < 4.78 is 4.99. The van der Waals surface area contributed by atoms with E-state index in [-0.39, 0.29) is 0 Å². The third kappa shape index (κ3) is 5.89. The number of hydrogen-bond donors (Lipinski definition) is 2. The normalized spacial score (nSPS) is 22.5. The number of hydrogen-bond acceptors (Lipinski definition) is 3. The molecule has 1 fully saturated rings. The average Bonchev–Trinajstić information content (AvgIpc) is 2.34. The summed E-state index contributed by atoms with van der Waals surface area (Å²) in [6.07, 6.45) is 2.62. The largest absolute Gasteiger partial charge is 0.383 e. The lowest BCUT2D eigenvalue weighted by atomic mass is 9.99. The minimum absolute atomic E-state index is 0.701. The Morgan fingerprint density at radius 3 is 2.94 bits per heavy atom. The number of ether oxygens (including phenoxy) is 1. The van der Waals surface area contributed by atoms with Crippen molar-refractivity contribution in [1.82, 2.24) is 15.5 Å². The Morgan fingerprint density at radius 2 is 2.29 bits per heavy atom. The van der Waals surface area contributed by atoms with Crippen LogP contribution in [0.15, 0.2) is 4.99 Å². The van der Waals surface area contributed by atoms with Gasteiger partial charge < -0.3 is 20.3 Å². The molecule has 17 heavy (non-hydrogen) atoms. The van der Waals surface area contributed by atoms with E-state index < -0.39 is 0 Å². The Bertz CT molecular complexity index is 233. The van der Waals surface area contributed by atoms with Gasteiger partial charge in [-0.3, -0.25) is 4.99 Å². The zero-order valence-corrected chi connectivity index (χ0v) is 11.3. The highest BCUT2D eigenvalue weighted by Gasteiger charge is 2.16. The molecule has 0 aliphatic carbocycles. The molecule has 0 spiro atoms. The Balaban J connectivity index is 2.18. The molecular formula is C12H26N4O. The molecule has 100 valence electrons. The van der Waals surface area contributed by atoms with E-state index in [2.05, 4.69) is 27.6 Å². The Hall–Kier alpha value is -0.810. The van der Waals surface area contributed by atoms with Crippen LogP contribution >= 0.6 is 0 Å². The molecule has 1 heterocycles. The molecule has 1 atom stereocenters. The number of aliphatic imine (C=N–C) groups is 1. The van der Waals surface area contributed by atoms with Crippen molar-refractivity contribution in [2.45, 2.75) is 12.8 Å². The predicted octanol–water partition coefficient (Wildman–Crippen LogP) is 0.140. The van der Waals surface area contributed by atoms with Gasteiger partial charge >= 0.3 is 0 Å². The van der Waals surface area contributed by atoms with Crippen LogP contribution in [0, 0.1) is 5.92 Å². The van der Waals surface area contributed by atoms with E-state index in [0.29, 0.717) is 6.61 Å². The summed E-state index contributed by atoms with van der Waals surface area (Å²) in [5, 5.41) is 6.60. The van der Waals surface area contributed by atoms with Gasteiger partial charge in [0.2, 0.25) is 0 Å². The van der Waals surface area contributed by atoms with Gasteiger partial charge in [-0.15, -0.1) is 0 Å². The van der Waals surface area contributed by atoms with Crippen molar-refractivity contribution in [2.75, 3.05) is 54.0 Å². The molecule has 1 saturated heterocycles. The zero-order valence-electron chi connectivity index (χ0n) is 11.3. The van der Waals surface area contributed by atoms with E-state index in [0.717, 1.165) is 25.0 Å². The van der Waals surface area contributed by atoms with Gasteiger partial charge in [0.05, 0.1) is 6.61 Å². The van der Waals surface area contributed by atoms with Crippen LogP contribution in [0.1, 0.15) is 12.8 Å². The molecule has 0 aromatic carbocycles. The highest BCUT2D eigenvalue weighted by Crippen LogP contribution is 2.13. The van der Waals surface area contributed by atoms with Crippen LogP contribution in [0.2, 0.25) is 0 Å². The number of nitrogens with zero attached hydrogens (tertiary/aromatic N) is 2. The molecule has 0 saturated carbocycles. The topological polar surface area (TPSA) is 48.9 Å². The third-order valence-electron chi connectivity index (χ3n) is 3.10. The van der Waals surface area contributed by atoms with E-state index in [1.807, 2.05) is 0 Å². The average molecular weight is 242 g/mol. The summed E-state index contributed by atoms with van der Waals surface area (Å²) >= 11 is 0. The molecule has 0 bridgehead atoms. The minimum Gasteiger partial charge on any atom is -0.383 e. The van der Waals surface area contributed by atoms with Gasteiger partial charge in [0.1, 0.15) is 0 Å². The maximum absolute atomic E-state index is 4.99. The summed E-state index contributed by atoms with van der Waals surface area (Å²) in [4.78, 5) is 6.59. The van der Waals surface area contributed by atoms with Crippen LogP contribution in [-0.4, -0.2) is 64.9 Å². The van der Waals surface area contributed by atoms with E-state index in [1.165, 1.54) is 25.9 Å². The van der Waals surface area contributed by atoms with Crippen LogP contribution in [0.5, 0.6) is 0 Å². The van der Waals surface area contributed by atoms with E-state index >= 15 is 0 Å². The molecule has 0 aromatic rings. The fraction of sp³-hybridized carbons (Fsp3) is 0.917. The van der Waals surface area contributed by atoms with Gasteiger partial charge in [-0.1, -0.05) is 0 Å². The van der Waals surface area contributed by atoms with E-state index in [9.17, 15) is 0 Å². The molecule has 2 N–H and O–H groups in total. The van der Waals surface area contributed by atoms with Crippen molar-refractivity contribution in [3.8, 4) is 0 Å². The maximum atomic E-state index is 4.99. The first kappa shape index (κ1) is 14.3. The molecule has 0 radical (unpaired) electrons. The minimum atomic E-state index is 0.701. The lowest BCUT2D eigenvalue weighted by Crippen LogP contribution is -2.44. The fourth-order valence-electron chi connectivity index (χ4n) is 2.17. The predicted molar refractivity (Wildman–Crippen MR) is 71.5 cm³/mol. The van der Waals surface area contributed by atoms with Crippen LogP contribution in [-0.2, 0) is 4.74 Å². The second-order valence-corrected chi connectivity index (χ2v) is 4.64. The number of piperidine rings is 1. The smallest absolute Gasteiger partial charge is 0.191 e. The van der Waals surface area contributed by atoms with Crippen LogP contribution in [0.3, 0.4) is 0 Å². The second kappa shape index (κ2) is 8.31. The van der Waals surface area contributed by atoms with Crippen molar-refractivity contribution in [1.29, 1.82) is 0 Å². The van der Waals surface area contributed by atoms with Crippen LogP contribution in [0.25, 0.3) is 0 Å². The van der Waals surface area contributed by atoms with Gasteiger partial charge in [0, 0.05) is 33.8 Å². The molecule has 0 amide bonds. The standard InChI is InChI=1S/C12H26N4O/c1-13-12(14-6-8-17-3)15-9-11-5-4-7-16(2)10-11/h11H,4-10H2,1-3H3,(H2,13,14,15). The summed E-state index contributed by atoms with van der Waals surface area (Å²) in [6, 6.07) is 0. The van der Waals surface area contributed by atoms with Gasteiger partial charge in [0.25, 0.3) is 0 Å².